The van der Waals surface area contributed by atoms with E-state index in [2.05, 4.69) is 5.32 Å². The van der Waals surface area contributed by atoms with Crippen molar-refractivity contribution in [3.63, 3.8) is 0 Å². The topological polar surface area (TPSA) is 84.9 Å². The number of benzene rings is 1. The molecule has 0 fully saturated rings. The summed E-state index contributed by atoms with van der Waals surface area (Å²) in [5.74, 6) is -1.03. The fraction of sp³-hybridized carbons (Fsp3) is 0.429. The Morgan fingerprint density at radius 2 is 2.15 bits per heavy atom. The van der Waals surface area contributed by atoms with Crippen molar-refractivity contribution in [3.8, 4) is 5.75 Å². The van der Waals surface area contributed by atoms with Gasteiger partial charge in [-0.1, -0.05) is 13.0 Å². The Kier molecular flexibility index (Phi) is 6.52. The number of ether oxygens (including phenoxy) is 2. The Morgan fingerprint density at radius 1 is 1.40 bits per heavy atom. The van der Waals surface area contributed by atoms with Gasteiger partial charge in [-0.3, -0.25) is 4.79 Å². The maximum atomic E-state index is 12.0. The van der Waals surface area contributed by atoms with E-state index in [-0.39, 0.29) is 6.61 Å². The SMILES string of the molecule is CCCOc1cccc(C(=O)NC(COC)C(=O)O)c1. The summed E-state index contributed by atoms with van der Waals surface area (Å²) < 4.78 is 10.2. The number of carbonyl (C=O) groups is 2. The third-order valence-corrected chi connectivity index (χ3v) is 2.51. The maximum Gasteiger partial charge on any atom is 0.328 e. The predicted octanol–water partition coefficient (Wildman–Crippen LogP) is 1.30. The number of hydrogen-bond donors (Lipinski definition) is 2. The lowest BCUT2D eigenvalue weighted by molar-refractivity contribution is -0.140. The summed E-state index contributed by atoms with van der Waals surface area (Å²) in [6.45, 7) is 2.46. The van der Waals surface area contributed by atoms with Crippen molar-refractivity contribution in [2.24, 2.45) is 0 Å². The average molecular weight is 281 g/mol. The number of amides is 1. The van der Waals surface area contributed by atoms with Gasteiger partial charge in [0.15, 0.2) is 6.04 Å². The molecule has 1 amide bonds. The molecule has 110 valence electrons. The molecule has 0 heterocycles. The Labute approximate surface area is 117 Å². The van der Waals surface area contributed by atoms with Crippen LogP contribution in [0, 0.1) is 0 Å². The molecular formula is C14H19NO5. The standard InChI is InChI=1S/C14H19NO5/c1-3-7-20-11-6-4-5-10(8-11)13(16)15-12(9-19-2)14(17)18/h4-6,8,12H,3,7,9H2,1-2H3,(H,15,16)(H,17,18). The Hall–Kier alpha value is -2.08. The molecule has 0 aromatic heterocycles. The van der Waals surface area contributed by atoms with Gasteiger partial charge in [-0.2, -0.15) is 0 Å². The van der Waals surface area contributed by atoms with Gasteiger partial charge in [-0.05, 0) is 24.6 Å². The molecule has 6 heteroatoms. The Balaban J connectivity index is 2.73. The molecule has 6 nitrogen and oxygen atoms in total. The van der Waals surface area contributed by atoms with E-state index >= 15 is 0 Å². The Morgan fingerprint density at radius 3 is 2.75 bits per heavy atom. The van der Waals surface area contributed by atoms with Gasteiger partial charge < -0.3 is 19.9 Å². The first-order valence-electron chi connectivity index (χ1n) is 6.34. The lowest BCUT2D eigenvalue weighted by Crippen LogP contribution is -2.43. The molecule has 0 radical (unpaired) electrons. The number of carboxylic acids is 1. The molecule has 2 N–H and O–H groups in total. The number of carboxylic acid groups (broad SMARTS) is 1. The summed E-state index contributed by atoms with van der Waals surface area (Å²) in [4.78, 5) is 22.9. The molecule has 0 bridgehead atoms. The van der Waals surface area contributed by atoms with Crippen molar-refractivity contribution in [2.75, 3.05) is 20.3 Å². The molecule has 1 aromatic carbocycles. The normalized spacial score (nSPS) is 11.7. The zero-order valence-corrected chi connectivity index (χ0v) is 11.6. The van der Waals surface area contributed by atoms with Gasteiger partial charge >= 0.3 is 5.97 Å². The molecule has 1 atom stereocenters. The minimum absolute atomic E-state index is 0.0902. The van der Waals surface area contributed by atoms with Crippen molar-refractivity contribution >= 4 is 11.9 Å². The molecule has 0 saturated heterocycles. The van der Waals surface area contributed by atoms with E-state index < -0.39 is 17.9 Å². The van der Waals surface area contributed by atoms with Gasteiger partial charge in [0.1, 0.15) is 5.75 Å². The fourth-order valence-corrected chi connectivity index (χ4v) is 1.53. The highest BCUT2D eigenvalue weighted by molar-refractivity contribution is 5.96. The van der Waals surface area contributed by atoms with Crippen molar-refractivity contribution in [3.05, 3.63) is 29.8 Å². The quantitative estimate of drug-likeness (QED) is 0.750. The third-order valence-electron chi connectivity index (χ3n) is 2.51. The van der Waals surface area contributed by atoms with Crippen LogP contribution in [0.25, 0.3) is 0 Å². The van der Waals surface area contributed by atoms with Crippen molar-refractivity contribution < 1.29 is 24.2 Å². The summed E-state index contributed by atoms with van der Waals surface area (Å²) in [7, 11) is 1.38. The molecular weight excluding hydrogens is 262 g/mol. The van der Waals surface area contributed by atoms with Crippen LogP contribution in [-0.2, 0) is 9.53 Å². The van der Waals surface area contributed by atoms with Crippen molar-refractivity contribution in [1.82, 2.24) is 5.32 Å². The number of methoxy groups -OCH3 is 1. The smallest absolute Gasteiger partial charge is 0.328 e. The second-order valence-corrected chi connectivity index (χ2v) is 4.20. The highest BCUT2D eigenvalue weighted by Crippen LogP contribution is 2.13. The first-order valence-corrected chi connectivity index (χ1v) is 6.34. The van der Waals surface area contributed by atoms with E-state index in [1.807, 2.05) is 6.92 Å². The van der Waals surface area contributed by atoms with Crippen LogP contribution >= 0.6 is 0 Å². The maximum absolute atomic E-state index is 12.0. The van der Waals surface area contributed by atoms with E-state index in [9.17, 15) is 9.59 Å². The van der Waals surface area contributed by atoms with Crippen LogP contribution in [0.2, 0.25) is 0 Å². The zero-order chi connectivity index (χ0) is 15.0. The van der Waals surface area contributed by atoms with Crippen molar-refractivity contribution in [2.45, 2.75) is 19.4 Å². The minimum Gasteiger partial charge on any atom is -0.494 e. The van der Waals surface area contributed by atoms with Crippen LogP contribution in [0.1, 0.15) is 23.7 Å². The summed E-state index contributed by atoms with van der Waals surface area (Å²) in [5, 5.41) is 11.3. The van der Waals surface area contributed by atoms with Crippen LogP contribution in [0.5, 0.6) is 5.75 Å². The summed E-state index contributed by atoms with van der Waals surface area (Å²) in [5.41, 5.74) is 0.348. The first-order chi connectivity index (χ1) is 9.58. The van der Waals surface area contributed by atoms with Gasteiger partial charge in [0.25, 0.3) is 5.91 Å². The largest absolute Gasteiger partial charge is 0.494 e. The number of carbonyl (C=O) groups excluding carboxylic acids is 1. The molecule has 0 spiro atoms. The Bertz CT molecular complexity index is 461. The van der Waals surface area contributed by atoms with Gasteiger partial charge in [-0.15, -0.1) is 0 Å². The molecule has 0 aliphatic carbocycles. The number of hydrogen-bond acceptors (Lipinski definition) is 4. The second-order valence-electron chi connectivity index (χ2n) is 4.20. The monoisotopic (exact) mass is 281 g/mol. The van der Waals surface area contributed by atoms with Gasteiger partial charge in [0.05, 0.1) is 13.2 Å². The summed E-state index contributed by atoms with van der Waals surface area (Å²) >= 11 is 0. The van der Waals surface area contributed by atoms with E-state index in [0.29, 0.717) is 17.9 Å². The van der Waals surface area contributed by atoms with Crippen LogP contribution in [0.15, 0.2) is 24.3 Å². The average Bonchev–Trinajstić information content (AvgIpc) is 2.44. The van der Waals surface area contributed by atoms with E-state index in [1.54, 1.807) is 24.3 Å². The highest BCUT2D eigenvalue weighted by atomic mass is 16.5. The number of aliphatic carboxylic acids is 1. The van der Waals surface area contributed by atoms with E-state index in [0.717, 1.165) is 6.42 Å². The van der Waals surface area contributed by atoms with Crippen LogP contribution in [0.4, 0.5) is 0 Å². The molecule has 0 aliphatic rings. The van der Waals surface area contributed by atoms with Crippen LogP contribution in [-0.4, -0.2) is 43.3 Å². The van der Waals surface area contributed by atoms with Gasteiger partial charge in [-0.25, -0.2) is 4.79 Å². The molecule has 0 aliphatic heterocycles. The summed E-state index contributed by atoms with van der Waals surface area (Å²) in [6, 6.07) is 5.53. The van der Waals surface area contributed by atoms with Crippen LogP contribution in [0.3, 0.4) is 0 Å². The van der Waals surface area contributed by atoms with Gasteiger partial charge in [0, 0.05) is 12.7 Å². The summed E-state index contributed by atoms with van der Waals surface area (Å²) in [6.07, 6.45) is 0.866. The highest BCUT2D eigenvalue weighted by Gasteiger charge is 2.20. The molecule has 1 unspecified atom stereocenters. The fourth-order valence-electron chi connectivity index (χ4n) is 1.53. The lowest BCUT2D eigenvalue weighted by Gasteiger charge is -2.14. The first kappa shape index (κ1) is 16.0. The molecule has 1 aromatic rings. The lowest BCUT2D eigenvalue weighted by atomic mass is 10.2. The van der Waals surface area contributed by atoms with Crippen molar-refractivity contribution in [1.29, 1.82) is 0 Å². The van der Waals surface area contributed by atoms with Gasteiger partial charge in [0.2, 0.25) is 0 Å². The number of nitrogens with one attached hydrogen (secondary N) is 1. The third kappa shape index (κ3) is 4.89. The molecule has 0 saturated carbocycles. The predicted molar refractivity (Wildman–Crippen MR) is 73.0 cm³/mol. The molecule has 20 heavy (non-hydrogen) atoms. The molecule has 1 rings (SSSR count). The number of rotatable bonds is 8. The minimum atomic E-state index is -1.14. The zero-order valence-electron chi connectivity index (χ0n) is 11.6. The second kappa shape index (κ2) is 8.16. The van der Waals surface area contributed by atoms with E-state index in [4.69, 9.17) is 14.6 Å². The van der Waals surface area contributed by atoms with E-state index in [1.165, 1.54) is 7.11 Å². The van der Waals surface area contributed by atoms with Crippen LogP contribution < -0.4 is 10.1 Å².